The predicted octanol–water partition coefficient (Wildman–Crippen LogP) is 5.92. The van der Waals surface area contributed by atoms with Crippen molar-refractivity contribution in [3.63, 3.8) is 0 Å². The highest BCUT2D eigenvalue weighted by Crippen LogP contribution is 2.28. The molecule has 1 unspecified atom stereocenters. The minimum absolute atomic E-state index is 0.0495. The Morgan fingerprint density at radius 1 is 0.879 bits per heavy atom. The Hall–Kier alpha value is -3.40. The van der Waals surface area contributed by atoms with Crippen molar-refractivity contribution in [3.8, 4) is 0 Å². The van der Waals surface area contributed by atoms with Crippen LogP contribution in [0.4, 0.5) is 5.69 Å². The van der Waals surface area contributed by atoms with Crippen molar-refractivity contribution in [2.75, 3.05) is 11.4 Å². The summed E-state index contributed by atoms with van der Waals surface area (Å²) in [6, 6.07) is 26.5. The highest BCUT2D eigenvalue weighted by Gasteiger charge is 2.38. The molecule has 0 N–H and O–H groups in total. The van der Waals surface area contributed by atoms with E-state index in [1.807, 2.05) is 29.2 Å². The summed E-state index contributed by atoms with van der Waals surface area (Å²) >= 11 is 0. The number of benzene rings is 3. The first kappa shape index (κ1) is 22.8. The molecule has 0 spiro atoms. The van der Waals surface area contributed by atoms with Gasteiger partial charge < -0.3 is 4.90 Å². The van der Waals surface area contributed by atoms with Gasteiger partial charge in [-0.2, -0.15) is 0 Å². The van der Waals surface area contributed by atoms with Crippen LogP contribution in [0, 0.1) is 13.8 Å². The Morgan fingerprint density at radius 2 is 1.48 bits per heavy atom. The van der Waals surface area contributed by atoms with Gasteiger partial charge in [-0.15, -0.1) is 0 Å². The number of carbonyl (C=O) groups is 1. The molecule has 1 amide bonds. The molecule has 33 heavy (non-hydrogen) atoms. The van der Waals surface area contributed by atoms with Gasteiger partial charge >= 0.3 is 0 Å². The lowest BCUT2D eigenvalue weighted by Crippen LogP contribution is -2.45. The number of hydrogen-bond donors (Lipinski definition) is 0. The second-order valence-electron chi connectivity index (χ2n) is 8.91. The van der Waals surface area contributed by atoms with Gasteiger partial charge in [0.2, 0.25) is 5.96 Å². The van der Waals surface area contributed by atoms with E-state index in [0.29, 0.717) is 6.42 Å². The molecule has 1 atom stereocenters. The van der Waals surface area contributed by atoms with Crippen LogP contribution < -0.4 is 4.90 Å². The van der Waals surface area contributed by atoms with Crippen LogP contribution >= 0.6 is 0 Å². The van der Waals surface area contributed by atoms with Crippen molar-refractivity contribution >= 4 is 17.6 Å². The van der Waals surface area contributed by atoms with E-state index in [1.165, 1.54) is 5.56 Å². The lowest BCUT2D eigenvalue weighted by Gasteiger charge is -2.30. The summed E-state index contributed by atoms with van der Waals surface area (Å²) in [6.45, 7) is 7.94. The van der Waals surface area contributed by atoms with E-state index < -0.39 is 6.04 Å². The van der Waals surface area contributed by atoms with Crippen molar-refractivity contribution in [2.24, 2.45) is 4.99 Å². The number of nitrogens with zero attached hydrogens (tertiary/aromatic N) is 3. The molecule has 4 heteroatoms. The van der Waals surface area contributed by atoms with Gasteiger partial charge in [-0.3, -0.25) is 4.79 Å². The van der Waals surface area contributed by atoms with Crippen LogP contribution in [0.25, 0.3) is 0 Å². The Bertz CT molecular complexity index is 1090. The monoisotopic (exact) mass is 439 g/mol. The molecule has 1 aliphatic heterocycles. The molecule has 0 saturated carbocycles. The van der Waals surface area contributed by atoms with Gasteiger partial charge in [0.15, 0.2) is 0 Å². The zero-order valence-corrected chi connectivity index (χ0v) is 19.9. The van der Waals surface area contributed by atoms with E-state index in [9.17, 15) is 4.79 Å². The molecule has 0 aliphatic carbocycles. The molecule has 3 aromatic rings. The smallest absolute Gasteiger partial charge is 0.259 e. The number of amides is 1. The van der Waals surface area contributed by atoms with Gasteiger partial charge in [0.05, 0.1) is 5.69 Å². The van der Waals surface area contributed by atoms with Gasteiger partial charge in [0.25, 0.3) is 5.91 Å². The second kappa shape index (κ2) is 10.5. The van der Waals surface area contributed by atoms with Crippen LogP contribution in [0.3, 0.4) is 0 Å². The van der Waals surface area contributed by atoms with Gasteiger partial charge in [-0.25, -0.2) is 9.89 Å². The molecule has 0 aromatic heterocycles. The Morgan fingerprint density at radius 3 is 2.09 bits per heavy atom. The van der Waals surface area contributed by atoms with E-state index >= 15 is 0 Å². The van der Waals surface area contributed by atoms with Gasteiger partial charge in [0.1, 0.15) is 6.04 Å². The average Bonchev–Trinajstić information content (AvgIpc) is 3.13. The van der Waals surface area contributed by atoms with Crippen LogP contribution in [0.15, 0.2) is 83.9 Å². The van der Waals surface area contributed by atoms with E-state index in [1.54, 1.807) is 0 Å². The van der Waals surface area contributed by atoms with Crippen LogP contribution in [-0.4, -0.2) is 29.4 Å². The Kier molecular flexibility index (Phi) is 7.23. The van der Waals surface area contributed by atoms with Crippen molar-refractivity contribution in [3.05, 3.63) is 101 Å². The number of guanidine groups is 1. The Balaban J connectivity index is 1.73. The third-order valence-electron chi connectivity index (χ3n) is 5.99. The predicted molar refractivity (Wildman–Crippen MR) is 137 cm³/mol. The molecule has 0 fully saturated rings. The summed E-state index contributed by atoms with van der Waals surface area (Å²) in [5, 5.41) is 0. The largest absolute Gasteiger partial charge is 0.338 e. The van der Waals surface area contributed by atoms with Gasteiger partial charge in [-0.1, -0.05) is 80.1 Å². The molecular formula is C29H33N3O. The third kappa shape index (κ3) is 5.51. The summed E-state index contributed by atoms with van der Waals surface area (Å²) in [6.07, 6.45) is 2.74. The SMILES string of the molecule is CCCCN(Cc1ccccc1)C1=NC(Cc2ccccc2)C(=O)N1c1cc(C)cc(C)c1. The summed E-state index contributed by atoms with van der Waals surface area (Å²) in [5.74, 6) is 0.816. The zero-order chi connectivity index (χ0) is 23.2. The molecule has 1 aliphatic rings. The van der Waals surface area contributed by atoms with E-state index in [0.717, 1.165) is 54.3 Å². The lowest BCUT2D eigenvalue weighted by molar-refractivity contribution is -0.118. The topological polar surface area (TPSA) is 35.9 Å². The average molecular weight is 440 g/mol. The summed E-state index contributed by atoms with van der Waals surface area (Å²) in [5.41, 5.74) is 5.54. The molecule has 0 bridgehead atoms. The van der Waals surface area contributed by atoms with Crippen molar-refractivity contribution < 1.29 is 4.79 Å². The normalized spacial score (nSPS) is 15.6. The number of rotatable bonds is 8. The molecule has 0 saturated heterocycles. The van der Waals surface area contributed by atoms with Crippen LogP contribution in [-0.2, 0) is 17.8 Å². The Labute approximate surface area is 197 Å². The van der Waals surface area contributed by atoms with E-state index in [-0.39, 0.29) is 5.91 Å². The maximum Gasteiger partial charge on any atom is 0.259 e. The molecule has 1 heterocycles. The summed E-state index contributed by atoms with van der Waals surface area (Å²) in [4.78, 5) is 22.9. The second-order valence-corrected chi connectivity index (χ2v) is 8.91. The van der Waals surface area contributed by atoms with Crippen LogP contribution in [0.2, 0.25) is 0 Å². The quantitative estimate of drug-likeness (QED) is 0.437. The summed E-state index contributed by atoms with van der Waals surface area (Å²) < 4.78 is 0. The number of aryl methyl sites for hydroxylation is 2. The first-order valence-electron chi connectivity index (χ1n) is 11.9. The maximum absolute atomic E-state index is 13.8. The van der Waals surface area contributed by atoms with Crippen molar-refractivity contribution in [1.82, 2.24) is 4.90 Å². The molecule has 4 rings (SSSR count). The van der Waals surface area contributed by atoms with Gasteiger partial charge in [0, 0.05) is 19.5 Å². The standard InChI is InChI=1S/C29H33N3O/c1-4-5-16-31(21-25-14-10-7-11-15-25)29-30-27(20-24-12-8-6-9-13-24)28(33)32(29)26-18-22(2)17-23(3)19-26/h6-15,17-19,27H,4-5,16,20-21H2,1-3H3. The fraction of sp³-hybridized carbons (Fsp3) is 0.310. The van der Waals surface area contributed by atoms with Crippen molar-refractivity contribution in [2.45, 2.75) is 52.6 Å². The maximum atomic E-state index is 13.8. The summed E-state index contributed by atoms with van der Waals surface area (Å²) in [7, 11) is 0. The first-order valence-corrected chi connectivity index (χ1v) is 11.9. The van der Waals surface area contributed by atoms with Crippen molar-refractivity contribution in [1.29, 1.82) is 0 Å². The number of unbranched alkanes of at least 4 members (excludes halogenated alkanes) is 1. The third-order valence-corrected chi connectivity index (χ3v) is 5.99. The lowest BCUT2D eigenvalue weighted by atomic mass is 10.1. The highest BCUT2D eigenvalue weighted by atomic mass is 16.2. The molecule has 3 aromatic carbocycles. The van der Waals surface area contributed by atoms with Crippen LogP contribution in [0.5, 0.6) is 0 Å². The fourth-order valence-corrected chi connectivity index (χ4v) is 4.42. The van der Waals surface area contributed by atoms with Gasteiger partial charge in [-0.05, 0) is 54.7 Å². The number of anilines is 1. The number of carbonyl (C=O) groups excluding carboxylic acids is 1. The molecule has 4 nitrogen and oxygen atoms in total. The minimum atomic E-state index is -0.414. The number of hydrogen-bond acceptors (Lipinski definition) is 3. The number of aliphatic imine (C=N–C) groups is 1. The fourth-order valence-electron chi connectivity index (χ4n) is 4.42. The molecule has 170 valence electrons. The highest BCUT2D eigenvalue weighted by molar-refractivity contribution is 6.22. The van der Waals surface area contributed by atoms with E-state index in [4.69, 9.17) is 4.99 Å². The molecule has 0 radical (unpaired) electrons. The van der Waals surface area contributed by atoms with Crippen LogP contribution in [0.1, 0.15) is 42.0 Å². The first-order chi connectivity index (χ1) is 16.0. The molecular weight excluding hydrogens is 406 g/mol. The van der Waals surface area contributed by atoms with E-state index in [2.05, 4.69) is 80.3 Å². The minimum Gasteiger partial charge on any atom is -0.338 e. The zero-order valence-electron chi connectivity index (χ0n) is 19.9.